The van der Waals surface area contributed by atoms with Crippen LogP contribution in [-0.2, 0) is 25.4 Å². The van der Waals surface area contributed by atoms with Crippen LogP contribution >= 0.6 is 15.9 Å². The van der Waals surface area contributed by atoms with Crippen molar-refractivity contribution < 1.29 is 4.74 Å². The van der Waals surface area contributed by atoms with Gasteiger partial charge >= 0.3 is 0 Å². The van der Waals surface area contributed by atoms with Gasteiger partial charge in [0.25, 0.3) is 0 Å². The monoisotopic (exact) mass is 336 g/mol. The first-order valence-corrected chi connectivity index (χ1v) is 7.98. The lowest BCUT2D eigenvalue weighted by molar-refractivity contribution is 0.291. The molecule has 0 aliphatic heterocycles. The molecule has 108 valence electrons. The maximum absolute atomic E-state index is 6.02. The number of alkyl halides is 1. The molecule has 0 atom stereocenters. The third-order valence-electron chi connectivity index (χ3n) is 3.43. The number of halogens is 1. The maximum Gasteiger partial charge on any atom is 0.130 e. The quantitative estimate of drug-likeness (QED) is 0.769. The Morgan fingerprint density at radius 1 is 1.20 bits per heavy atom. The second-order valence-electron chi connectivity index (χ2n) is 5.09. The van der Waals surface area contributed by atoms with Crippen molar-refractivity contribution in [2.24, 2.45) is 7.05 Å². The Balaban J connectivity index is 2.16. The van der Waals surface area contributed by atoms with E-state index in [1.165, 1.54) is 16.7 Å². The molecule has 0 fully saturated rings. The van der Waals surface area contributed by atoms with Crippen molar-refractivity contribution in [3.63, 3.8) is 0 Å². The summed E-state index contributed by atoms with van der Waals surface area (Å²) in [7, 11) is 1.96. The zero-order valence-corrected chi connectivity index (χ0v) is 14.1. The fourth-order valence-corrected chi connectivity index (χ4v) is 2.69. The summed E-state index contributed by atoms with van der Waals surface area (Å²) in [6, 6.07) is 6.44. The van der Waals surface area contributed by atoms with Crippen LogP contribution in [0.1, 0.15) is 35.0 Å². The van der Waals surface area contributed by atoms with E-state index in [0.29, 0.717) is 6.61 Å². The van der Waals surface area contributed by atoms with Crippen molar-refractivity contribution >= 4 is 15.9 Å². The van der Waals surface area contributed by atoms with Gasteiger partial charge in [-0.15, -0.1) is 0 Å². The summed E-state index contributed by atoms with van der Waals surface area (Å²) in [5.41, 5.74) is 5.84. The SMILES string of the molecule is CCc1cc(COc2c(C)cc(CBr)cc2C)n(C)n1. The van der Waals surface area contributed by atoms with Gasteiger partial charge < -0.3 is 4.74 Å². The number of nitrogens with zero attached hydrogens (tertiary/aromatic N) is 2. The van der Waals surface area contributed by atoms with E-state index >= 15 is 0 Å². The molecule has 1 aromatic carbocycles. The first kappa shape index (κ1) is 15.1. The standard InChI is InChI=1S/C16H21BrN2O/c1-5-14-8-15(19(4)18-14)10-20-16-11(2)6-13(9-17)7-12(16)3/h6-8H,5,9-10H2,1-4H3. The highest BCUT2D eigenvalue weighted by molar-refractivity contribution is 9.08. The molecule has 2 rings (SSSR count). The van der Waals surface area contributed by atoms with Crippen molar-refractivity contribution in [2.45, 2.75) is 39.1 Å². The minimum atomic E-state index is 0.554. The van der Waals surface area contributed by atoms with Crippen molar-refractivity contribution in [3.8, 4) is 5.75 Å². The van der Waals surface area contributed by atoms with Crippen LogP contribution in [0.2, 0.25) is 0 Å². The molecule has 0 saturated carbocycles. The molecule has 0 unspecified atom stereocenters. The van der Waals surface area contributed by atoms with E-state index in [0.717, 1.165) is 28.9 Å². The third-order valence-corrected chi connectivity index (χ3v) is 4.08. The maximum atomic E-state index is 6.02. The molecular formula is C16H21BrN2O. The van der Waals surface area contributed by atoms with Gasteiger partial charge in [0.2, 0.25) is 0 Å². The van der Waals surface area contributed by atoms with Crippen LogP contribution in [0.25, 0.3) is 0 Å². The number of benzene rings is 1. The van der Waals surface area contributed by atoms with Crippen LogP contribution in [0.15, 0.2) is 18.2 Å². The normalized spacial score (nSPS) is 10.8. The highest BCUT2D eigenvalue weighted by atomic mass is 79.9. The number of hydrogen-bond acceptors (Lipinski definition) is 2. The van der Waals surface area contributed by atoms with Crippen LogP contribution in [0, 0.1) is 13.8 Å². The molecule has 0 saturated heterocycles. The van der Waals surface area contributed by atoms with E-state index in [1.807, 2.05) is 11.7 Å². The van der Waals surface area contributed by atoms with Crippen molar-refractivity contribution in [1.82, 2.24) is 9.78 Å². The third kappa shape index (κ3) is 3.23. The predicted molar refractivity (Wildman–Crippen MR) is 85.5 cm³/mol. The molecule has 0 aliphatic carbocycles. The number of aryl methyl sites for hydroxylation is 4. The Kier molecular flexibility index (Phi) is 4.86. The summed E-state index contributed by atoms with van der Waals surface area (Å²) >= 11 is 3.49. The summed E-state index contributed by atoms with van der Waals surface area (Å²) in [5.74, 6) is 0.981. The number of ether oxygens (including phenoxy) is 1. The molecule has 0 radical (unpaired) electrons. The lowest BCUT2D eigenvalue weighted by Crippen LogP contribution is -2.05. The fourth-order valence-electron chi connectivity index (χ4n) is 2.37. The van der Waals surface area contributed by atoms with E-state index in [2.05, 4.69) is 60.0 Å². The van der Waals surface area contributed by atoms with E-state index in [4.69, 9.17) is 4.74 Å². The topological polar surface area (TPSA) is 27.1 Å². The van der Waals surface area contributed by atoms with E-state index in [9.17, 15) is 0 Å². The molecule has 4 heteroatoms. The number of aromatic nitrogens is 2. The molecule has 1 heterocycles. The van der Waals surface area contributed by atoms with Gasteiger partial charge in [-0.05, 0) is 43.0 Å². The fraction of sp³-hybridized carbons (Fsp3) is 0.438. The van der Waals surface area contributed by atoms with Gasteiger partial charge in [-0.2, -0.15) is 5.10 Å². The van der Waals surface area contributed by atoms with Gasteiger partial charge in [0.1, 0.15) is 12.4 Å². The average molecular weight is 337 g/mol. The summed E-state index contributed by atoms with van der Waals surface area (Å²) in [6.45, 7) is 6.85. The number of rotatable bonds is 5. The first-order chi connectivity index (χ1) is 9.55. The Bertz CT molecular complexity index is 582. The lowest BCUT2D eigenvalue weighted by Gasteiger charge is -2.13. The second-order valence-corrected chi connectivity index (χ2v) is 5.65. The zero-order chi connectivity index (χ0) is 14.7. The molecule has 3 nitrogen and oxygen atoms in total. The lowest BCUT2D eigenvalue weighted by atomic mass is 10.1. The van der Waals surface area contributed by atoms with Gasteiger partial charge in [0.05, 0.1) is 11.4 Å². The predicted octanol–water partition coefficient (Wildman–Crippen LogP) is 4.07. The smallest absolute Gasteiger partial charge is 0.130 e. The van der Waals surface area contributed by atoms with Gasteiger partial charge in [-0.1, -0.05) is 35.0 Å². The summed E-state index contributed by atoms with van der Waals surface area (Å²) in [5, 5.41) is 5.32. The Morgan fingerprint density at radius 2 is 1.85 bits per heavy atom. The van der Waals surface area contributed by atoms with Crippen LogP contribution in [0.3, 0.4) is 0 Å². The van der Waals surface area contributed by atoms with E-state index in [-0.39, 0.29) is 0 Å². The van der Waals surface area contributed by atoms with Crippen molar-refractivity contribution in [1.29, 1.82) is 0 Å². The minimum Gasteiger partial charge on any atom is -0.487 e. The summed E-state index contributed by atoms with van der Waals surface area (Å²) < 4.78 is 7.91. The summed E-state index contributed by atoms with van der Waals surface area (Å²) in [4.78, 5) is 0. The average Bonchev–Trinajstić information content (AvgIpc) is 2.78. The van der Waals surface area contributed by atoms with Crippen LogP contribution < -0.4 is 4.74 Å². The van der Waals surface area contributed by atoms with Gasteiger partial charge in [-0.25, -0.2) is 0 Å². The zero-order valence-electron chi connectivity index (χ0n) is 12.5. The Labute approximate surface area is 129 Å². The molecule has 0 bridgehead atoms. The van der Waals surface area contributed by atoms with Crippen LogP contribution in [0.4, 0.5) is 0 Å². The van der Waals surface area contributed by atoms with Gasteiger partial charge in [0, 0.05) is 12.4 Å². The molecule has 0 aliphatic rings. The molecule has 0 N–H and O–H groups in total. The van der Waals surface area contributed by atoms with E-state index < -0.39 is 0 Å². The summed E-state index contributed by atoms with van der Waals surface area (Å²) in [6.07, 6.45) is 0.950. The largest absolute Gasteiger partial charge is 0.487 e. The Morgan fingerprint density at radius 3 is 2.35 bits per heavy atom. The van der Waals surface area contributed by atoms with Gasteiger partial charge in [0.15, 0.2) is 0 Å². The molecule has 1 aromatic heterocycles. The number of hydrogen-bond donors (Lipinski definition) is 0. The van der Waals surface area contributed by atoms with Crippen LogP contribution in [-0.4, -0.2) is 9.78 Å². The molecule has 2 aromatic rings. The molecule has 0 spiro atoms. The molecule has 0 amide bonds. The highest BCUT2D eigenvalue weighted by Crippen LogP contribution is 2.26. The van der Waals surface area contributed by atoms with Crippen LogP contribution in [0.5, 0.6) is 5.75 Å². The molecule has 20 heavy (non-hydrogen) atoms. The first-order valence-electron chi connectivity index (χ1n) is 6.85. The molecular weight excluding hydrogens is 316 g/mol. The van der Waals surface area contributed by atoms with Crippen molar-refractivity contribution in [2.75, 3.05) is 0 Å². The van der Waals surface area contributed by atoms with E-state index in [1.54, 1.807) is 0 Å². The second kappa shape index (κ2) is 6.44. The Hall–Kier alpha value is -1.29. The highest BCUT2D eigenvalue weighted by Gasteiger charge is 2.09. The minimum absolute atomic E-state index is 0.554. The van der Waals surface area contributed by atoms with Crippen molar-refractivity contribution in [3.05, 3.63) is 46.3 Å². The van der Waals surface area contributed by atoms with Gasteiger partial charge in [-0.3, -0.25) is 4.68 Å².